The molecule has 1 aliphatic carbocycles. The van der Waals surface area contributed by atoms with Gasteiger partial charge >= 0.3 is 0 Å². The van der Waals surface area contributed by atoms with Crippen LogP contribution in [0.5, 0.6) is 0 Å². The van der Waals surface area contributed by atoms with Crippen molar-refractivity contribution in [1.29, 1.82) is 0 Å². The molecule has 1 aromatic heterocycles. The summed E-state index contributed by atoms with van der Waals surface area (Å²) in [5.41, 5.74) is 0. The van der Waals surface area contributed by atoms with Crippen molar-refractivity contribution in [3.05, 3.63) is 0 Å². The molecule has 6 nitrogen and oxygen atoms in total. The van der Waals surface area contributed by atoms with Crippen molar-refractivity contribution in [2.75, 3.05) is 19.4 Å². The Bertz CT molecular complexity index is 341. The first-order valence-electron chi connectivity index (χ1n) is 5.94. The Hall–Kier alpha value is -0.660. The highest BCUT2D eigenvalue weighted by Crippen LogP contribution is 2.18. The van der Waals surface area contributed by atoms with E-state index in [9.17, 15) is 0 Å². The molecular formula is C10H19N5OS. The molecular weight excluding hydrogens is 238 g/mol. The zero-order chi connectivity index (χ0) is 12.1. The Morgan fingerprint density at radius 2 is 2.41 bits per heavy atom. The number of ether oxygens (including phenoxy) is 1. The predicted octanol–water partition coefficient (Wildman–Crippen LogP) is 0.552. The third-order valence-corrected chi connectivity index (χ3v) is 3.87. The minimum absolute atomic E-state index is 0.217. The maximum atomic E-state index is 5.20. The molecule has 0 radical (unpaired) electrons. The topological polar surface area (TPSA) is 64.9 Å². The van der Waals surface area contributed by atoms with Gasteiger partial charge in [-0.3, -0.25) is 0 Å². The highest BCUT2D eigenvalue weighted by atomic mass is 32.2. The molecule has 1 fully saturated rings. The fourth-order valence-corrected chi connectivity index (χ4v) is 2.25. The SMILES string of the molecule is COC(C)CSc1nnnn1CCNC1CC1. The molecule has 1 saturated carbocycles. The van der Waals surface area contributed by atoms with Crippen LogP contribution in [0.15, 0.2) is 5.16 Å². The highest BCUT2D eigenvalue weighted by Gasteiger charge is 2.20. The lowest BCUT2D eigenvalue weighted by molar-refractivity contribution is 0.137. The minimum atomic E-state index is 0.217. The predicted molar refractivity (Wildman–Crippen MR) is 66.0 cm³/mol. The summed E-state index contributed by atoms with van der Waals surface area (Å²) in [5.74, 6) is 0.868. The Morgan fingerprint density at radius 1 is 1.59 bits per heavy atom. The Labute approximate surface area is 105 Å². The molecule has 1 heterocycles. The van der Waals surface area contributed by atoms with Crippen LogP contribution in [-0.2, 0) is 11.3 Å². The number of methoxy groups -OCH3 is 1. The van der Waals surface area contributed by atoms with Crippen LogP contribution in [0.25, 0.3) is 0 Å². The summed E-state index contributed by atoms with van der Waals surface area (Å²) in [6.45, 7) is 3.80. The van der Waals surface area contributed by atoms with Gasteiger partial charge in [0.2, 0.25) is 5.16 Å². The van der Waals surface area contributed by atoms with Gasteiger partial charge in [0, 0.05) is 25.4 Å². The van der Waals surface area contributed by atoms with Gasteiger partial charge in [-0.05, 0) is 30.2 Å². The van der Waals surface area contributed by atoms with E-state index in [1.807, 2.05) is 11.6 Å². The summed E-state index contributed by atoms with van der Waals surface area (Å²) >= 11 is 1.63. The summed E-state index contributed by atoms with van der Waals surface area (Å²) in [7, 11) is 1.72. The van der Waals surface area contributed by atoms with Crippen LogP contribution < -0.4 is 5.32 Å². The Morgan fingerprint density at radius 3 is 3.12 bits per heavy atom. The molecule has 7 heteroatoms. The quantitative estimate of drug-likeness (QED) is 0.686. The fourth-order valence-electron chi connectivity index (χ4n) is 1.36. The zero-order valence-electron chi connectivity index (χ0n) is 10.3. The third kappa shape index (κ3) is 4.25. The number of rotatable bonds is 8. The van der Waals surface area contributed by atoms with E-state index in [4.69, 9.17) is 4.74 Å². The summed E-state index contributed by atoms with van der Waals surface area (Å²) in [6, 6.07) is 0.732. The van der Waals surface area contributed by atoms with E-state index < -0.39 is 0 Å². The van der Waals surface area contributed by atoms with Crippen LogP contribution in [-0.4, -0.2) is 51.8 Å². The third-order valence-electron chi connectivity index (χ3n) is 2.68. The molecule has 0 bridgehead atoms. The van der Waals surface area contributed by atoms with E-state index in [1.54, 1.807) is 18.9 Å². The fraction of sp³-hybridized carbons (Fsp3) is 0.900. The monoisotopic (exact) mass is 257 g/mol. The van der Waals surface area contributed by atoms with E-state index in [-0.39, 0.29) is 6.10 Å². The Kier molecular flexibility index (Phi) is 4.75. The highest BCUT2D eigenvalue weighted by molar-refractivity contribution is 7.99. The van der Waals surface area contributed by atoms with Crippen LogP contribution in [0.1, 0.15) is 19.8 Å². The first-order valence-corrected chi connectivity index (χ1v) is 6.93. The average Bonchev–Trinajstić information content (AvgIpc) is 3.05. The van der Waals surface area contributed by atoms with Gasteiger partial charge in [0.05, 0.1) is 12.6 Å². The van der Waals surface area contributed by atoms with E-state index in [2.05, 4.69) is 20.8 Å². The van der Waals surface area contributed by atoms with Crippen molar-refractivity contribution < 1.29 is 4.74 Å². The number of tetrazole rings is 1. The molecule has 0 spiro atoms. The van der Waals surface area contributed by atoms with Gasteiger partial charge in [-0.2, -0.15) is 0 Å². The molecule has 1 aromatic rings. The average molecular weight is 257 g/mol. The van der Waals surface area contributed by atoms with Crippen molar-refractivity contribution >= 4 is 11.8 Å². The summed E-state index contributed by atoms with van der Waals surface area (Å²) in [4.78, 5) is 0. The molecule has 1 aliphatic rings. The first-order chi connectivity index (χ1) is 8.29. The number of nitrogens with one attached hydrogen (secondary N) is 1. The molecule has 0 amide bonds. The minimum Gasteiger partial charge on any atom is -0.381 e. The van der Waals surface area contributed by atoms with Gasteiger partial charge in [-0.25, -0.2) is 4.68 Å². The summed E-state index contributed by atoms with van der Waals surface area (Å²) in [6.07, 6.45) is 2.83. The normalized spacial score (nSPS) is 17.3. The molecule has 2 rings (SSSR count). The maximum Gasteiger partial charge on any atom is 0.209 e. The smallest absolute Gasteiger partial charge is 0.209 e. The summed E-state index contributed by atoms with van der Waals surface area (Å²) < 4.78 is 7.05. The number of aromatic nitrogens is 4. The van der Waals surface area contributed by atoms with Crippen molar-refractivity contribution in [2.24, 2.45) is 0 Å². The van der Waals surface area contributed by atoms with Crippen LogP contribution in [0.4, 0.5) is 0 Å². The number of hydrogen-bond acceptors (Lipinski definition) is 6. The molecule has 96 valence electrons. The van der Waals surface area contributed by atoms with Gasteiger partial charge in [0.1, 0.15) is 0 Å². The van der Waals surface area contributed by atoms with Gasteiger partial charge in [-0.15, -0.1) is 5.10 Å². The van der Waals surface area contributed by atoms with Crippen LogP contribution in [0.3, 0.4) is 0 Å². The second-order valence-electron chi connectivity index (χ2n) is 4.27. The zero-order valence-corrected chi connectivity index (χ0v) is 11.1. The van der Waals surface area contributed by atoms with Crippen molar-refractivity contribution in [1.82, 2.24) is 25.5 Å². The molecule has 0 aliphatic heterocycles. The summed E-state index contributed by atoms with van der Waals surface area (Å²) in [5, 5.41) is 16.0. The standard InChI is InChI=1S/C10H19N5OS/c1-8(16-2)7-17-10-12-13-14-15(10)6-5-11-9-3-4-9/h8-9,11H,3-7H2,1-2H3. The largest absolute Gasteiger partial charge is 0.381 e. The Balaban J connectivity index is 1.74. The lowest BCUT2D eigenvalue weighted by Crippen LogP contribution is -2.22. The maximum absolute atomic E-state index is 5.20. The lowest BCUT2D eigenvalue weighted by Gasteiger charge is -2.08. The molecule has 17 heavy (non-hydrogen) atoms. The number of nitrogens with zero attached hydrogens (tertiary/aromatic N) is 4. The van der Waals surface area contributed by atoms with Gasteiger partial charge in [-0.1, -0.05) is 11.8 Å². The molecule has 0 aromatic carbocycles. The van der Waals surface area contributed by atoms with E-state index in [0.29, 0.717) is 0 Å². The number of hydrogen-bond donors (Lipinski definition) is 1. The van der Waals surface area contributed by atoms with Crippen LogP contribution in [0.2, 0.25) is 0 Å². The van der Waals surface area contributed by atoms with E-state index >= 15 is 0 Å². The van der Waals surface area contributed by atoms with Gasteiger partial charge in [0.25, 0.3) is 0 Å². The van der Waals surface area contributed by atoms with Crippen molar-refractivity contribution in [3.8, 4) is 0 Å². The van der Waals surface area contributed by atoms with Gasteiger partial charge in [0.15, 0.2) is 0 Å². The lowest BCUT2D eigenvalue weighted by atomic mass is 10.5. The van der Waals surface area contributed by atoms with Crippen LogP contribution in [0, 0.1) is 0 Å². The van der Waals surface area contributed by atoms with Crippen molar-refractivity contribution in [3.63, 3.8) is 0 Å². The second kappa shape index (κ2) is 6.32. The van der Waals surface area contributed by atoms with Crippen LogP contribution >= 0.6 is 11.8 Å². The van der Waals surface area contributed by atoms with Crippen molar-refractivity contribution in [2.45, 2.75) is 43.6 Å². The molecule has 0 saturated heterocycles. The molecule has 1 N–H and O–H groups in total. The van der Waals surface area contributed by atoms with E-state index in [0.717, 1.165) is 30.0 Å². The second-order valence-corrected chi connectivity index (χ2v) is 5.26. The first kappa shape index (κ1) is 12.8. The molecule has 1 unspecified atom stereocenters. The number of thioether (sulfide) groups is 1. The van der Waals surface area contributed by atoms with Gasteiger partial charge < -0.3 is 10.1 Å². The molecule has 1 atom stereocenters. The van der Waals surface area contributed by atoms with E-state index in [1.165, 1.54) is 12.8 Å².